The molecule has 1 aliphatic heterocycles. The van der Waals surface area contributed by atoms with Crippen molar-refractivity contribution in [2.45, 2.75) is 30.9 Å². The number of anilines is 1. The van der Waals surface area contributed by atoms with Crippen molar-refractivity contribution in [3.63, 3.8) is 0 Å². The van der Waals surface area contributed by atoms with Gasteiger partial charge in [0.15, 0.2) is 0 Å². The van der Waals surface area contributed by atoms with Gasteiger partial charge in [0.05, 0.1) is 24.2 Å². The number of aliphatic hydroxyl groups excluding tert-OH is 1. The molecular weight excluding hydrogens is 292 g/mol. The standard InChI is InChI=1S/C14H22N2O4S/c1-3-15-12-4-6-14(7-5-12)21(18,19)16-8-13(9-17)20-10-11(16)2/h4-7,11,13,15,17H,3,8-10H2,1-2H3. The van der Waals surface area contributed by atoms with Crippen LogP contribution in [0.5, 0.6) is 0 Å². The molecule has 2 atom stereocenters. The van der Waals surface area contributed by atoms with Crippen molar-refractivity contribution in [3.8, 4) is 0 Å². The van der Waals surface area contributed by atoms with E-state index in [1.165, 1.54) is 4.31 Å². The fourth-order valence-corrected chi connectivity index (χ4v) is 3.97. The molecule has 1 heterocycles. The molecule has 7 heteroatoms. The van der Waals surface area contributed by atoms with Gasteiger partial charge in [-0.3, -0.25) is 0 Å². The van der Waals surface area contributed by atoms with Crippen molar-refractivity contribution in [2.75, 3.05) is 31.6 Å². The highest BCUT2D eigenvalue weighted by molar-refractivity contribution is 7.89. The Labute approximate surface area is 125 Å². The number of benzene rings is 1. The fraction of sp³-hybridized carbons (Fsp3) is 0.571. The number of hydrogen-bond acceptors (Lipinski definition) is 5. The Bertz CT molecular complexity index is 559. The van der Waals surface area contributed by atoms with Crippen LogP contribution in [0.15, 0.2) is 29.2 Å². The Balaban J connectivity index is 2.23. The van der Waals surface area contributed by atoms with Crippen molar-refractivity contribution < 1.29 is 18.3 Å². The van der Waals surface area contributed by atoms with Crippen LogP contribution in [0.3, 0.4) is 0 Å². The Kier molecular flexibility index (Phi) is 5.21. The molecular formula is C14H22N2O4S. The van der Waals surface area contributed by atoms with Crippen LogP contribution < -0.4 is 5.32 Å². The number of nitrogens with one attached hydrogen (secondary N) is 1. The van der Waals surface area contributed by atoms with Gasteiger partial charge in [-0.05, 0) is 38.1 Å². The van der Waals surface area contributed by atoms with Gasteiger partial charge in [-0.2, -0.15) is 4.31 Å². The zero-order valence-corrected chi connectivity index (χ0v) is 13.1. The Hall–Kier alpha value is -1.15. The normalized spacial score (nSPS) is 24.0. The Morgan fingerprint density at radius 3 is 2.62 bits per heavy atom. The second-order valence-electron chi connectivity index (χ2n) is 5.12. The fourth-order valence-electron chi connectivity index (χ4n) is 2.32. The molecule has 1 aromatic rings. The Morgan fingerprint density at radius 1 is 1.38 bits per heavy atom. The molecule has 0 spiro atoms. The van der Waals surface area contributed by atoms with Crippen molar-refractivity contribution in [2.24, 2.45) is 0 Å². The molecule has 21 heavy (non-hydrogen) atoms. The van der Waals surface area contributed by atoms with E-state index in [2.05, 4.69) is 5.32 Å². The minimum absolute atomic E-state index is 0.176. The van der Waals surface area contributed by atoms with Crippen molar-refractivity contribution >= 4 is 15.7 Å². The zero-order valence-electron chi connectivity index (χ0n) is 12.3. The second kappa shape index (κ2) is 6.74. The highest BCUT2D eigenvalue weighted by Gasteiger charge is 2.35. The molecule has 0 amide bonds. The van der Waals surface area contributed by atoms with Gasteiger partial charge in [0, 0.05) is 24.8 Å². The zero-order chi connectivity index (χ0) is 15.5. The van der Waals surface area contributed by atoms with E-state index in [1.54, 1.807) is 31.2 Å². The number of rotatable bonds is 5. The van der Waals surface area contributed by atoms with Gasteiger partial charge in [-0.25, -0.2) is 8.42 Å². The highest BCUT2D eigenvalue weighted by Crippen LogP contribution is 2.23. The lowest BCUT2D eigenvalue weighted by molar-refractivity contribution is -0.0516. The summed E-state index contributed by atoms with van der Waals surface area (Å²) in [6, 6.07) is 6.47. The van der Waals surface area contributed by atoms with Crippen LogP contribution in [0.1, 0.15) is 13.8 Å². The van der Waals surface area contributed by atoms with E-state index in [-0.39, 0.29) is 24.1 Å². The summed E-state index contributed by atoms with van der Waals surface area (Å²) >= 11 is 0. The van der Waals surface area contributed by atoms with Gasteiger partial charge in [0.1, 0.15) is 0 Å². The first-order chi connectivity index (χ1) is 9.98. The molecule has 0 aliphatic carbocycles. The summed E-state index contributed by atoms with van der Waals surface area (Å²) in [5.74, 6) is 0. The number of nitrogens with zero attached hydrogens (tertiary/aromatic N) is 1. The van der Waals surface area contributed by atoms with E-state index in [1.807, 2.05) is 6.92 Å². The van der Waals surface area contributed by atoms with Gasteiger partial charge in [-0.1, -0.05) is 0 Å². The monoisotopic (exact) mass is 314 g/mol. The largest absolute Gasteiger partial charge is 0.394 e. The van der Waals surface area contributed by atoms with Crippen LogP contribution in [-0.4, -0.2) is 56.3 Å². The minimum Gasteiger partial charge on any atom is -0.394 e. The van der Waals surface area contributed by atoms with Crippen LogP contribution in [0.2, 0.25) is 0 Å². The number of hydrogen-bond donors (Lipinski definition) is 2. The SMILES string of the molecule is CCNc1ccc(S(=O)(=O)N2CC(CO)OCC2C)cc1. The maximum absolute atomic E-state index is 12.7. The molecule has 1 aromatic carbocycles. The average molecular weight is 314 g/mol. The molecule has 0 radical (unpaired) electrons. The van der Waals surface area contributed by atoms with Crippen LogP contribution in [0, 0.1) is 0 Å². The van der Waals surface area contributed by atoms with Crippen LogP contribution in [0.4, 0.5) is 5.69 Å². The molecule has 1 saturated heterocycles. The first kappa shape index (κ1) is 16.2. The van der Waals surface area contributed by atoms with Gasteiger partial charge in [-0.15, -0.1) is 0 Å². The van der Waals surface area contributed by atoms with E-state index in [0.29, 0.717) is 6.61 Å². The molecule has 6 nitrogen and oxygen atoms in total. The molecule has 1 fully saturated rings. The number of sulfonamides is 1. The van der Waals surface area contributed by atoms with E-state index in [0.717, 1.165) is 12.2 Å². The molecule has 1 aliphatic rings. The number of ether oxygens (including phenoxy) is 1. The summed E-state index contributed by atoms with van der Waals surface area (Å²) in [5.41, 5.74) is 0.889. The first-order valence-corrected chi connectivity index (χ1v) is 8.51. The van der Waals surface area contributed by atoms with Crippen molar-refractivity contribution in [1.29, 1.82) is 0 Å². The molecule has 2 unspecified atom stereocenters. The molecule has 0 aromatic heterocycles. The summed E-state index contributed by atoms with van der Waals surface area (Å²) in [4.78, 5) is 0.259. The van der Waals surface area contributed by atoms with Crippen molar-refractivity contribution in [1.82, 2.24) is 4.31 Å². The lowest BCUT2D eigenvalue weighted by Crippen LogP contribution is -2.51. The molecule has 0 saturated carbocycles. The molecule has 118 valence electrons. The molecule has 2 N–H and O–H groups in total. The summed E-state index contributed by atoms with van der Waals surface area (Å²) in [6.45, 7) is 4.85. The Morgan fingerprint density at radius 2 is 2.05 bits per heavy atom. The second-order valence-corrected chi connectivity index (χ2v) is 7.01. The smallest absolute Gasteiger partial charge is 0.243 e. The first-order valence-electron chi connectivity index (χ1n) is 7.07. The van der Waals surface area contributed by atoms with Gasteiger partial charge in [0.2, 0.25) is 10.0 Å². The minimum atomic E-state index is -3.57. The summed E-state index contributed by atoms with van der Waals surface area (Å²) in [5, 5.41) is 12.3. The lowest BCUT2D eigenvalue weighted by Gasteiger charge is -2.36. The van der Waals surface area contributed by atoms with Crippen LogP contribution in [-0.2, 0) is 14.8 Å². The van der Waals surface area contributed by atoms with Crippen molar-refractivity contribution in [3.05, 3.63) is 24.3 Å². The topological polar surface area (TPSA) is 78.9 Å². The van der Waals surface area contributed by atoms with E-state index in [4.69, 9.17) is 4.74 Å². The maximum atomic E-state index is 12.7. The van der Waals surface area contributed by atoms with Gasteiger partial charge in [0.25, 0.3) is 0 Å². The van der Waals surface area contributed by atoms with E-state index in [9.17, 15) is 13.5 Å². The summed E-state index contributed by atoms with van der Waals surface area (Å²) in [6.07, 6.45) is -0.461. The van der Waals surface area contributed by atoms with Gasteiger partial charge >= 0.3 is 0 Å². The third-order valence-electron chi connectivity index (χ3n) is 3.49. The summed E-state index contributed by atoms with van der Waals surface area (Å²) in [7, 11) is -3.57. The predicted octanol–water partition coefficient (Wildman–Crippen LogP) is 0.889. The number of morpholine rings is 1. The molecule has 2 rings (SSSR count). The van der Waals surface area contributed by atoms with E-state index >= 15 is 0 Å². The van der Waals surface area contributed by atoms with E-state index < -0.39 is 16.1 Å². The predicted molar refractivity (Wildman–Crippen MR) is 80.8 cm³/mol. The van der Waals surface area contributed by atoms with Crippen LogP contribution in [0.25, 0.3) is 0 Å². The molecule has 0 bridgehead atoms. The average Bonchev–Trinajstić information content (AvgIpc) is 2.48. The summed E-state index contributed by atoms with van der Waals surface area (Å²) < 4.78 is 32.2. The number of aliphatic hydroxyl groups is 1. The maximum Gasteiger partial charge on any atom is 0.243 e. The lowest BCUT2D eigenvalue weighted by atomic mass is 10.2. The van der Waals surface area contributed by atoms with Crippen LogP contribution >= 0.6 is 0 Å². The quantitative estimate of drug-likeness (QED) is 0.844. The van der Waals surface area contributed by atoms with Gasteiger partial charge < -0.3 is 15.2 Å². The third kappa shape index (κ3) is 3.55. The highest BCUT2D eigenvalue weighted by atomic mass is 32.2. The third-order valence-corrected chi connectivity index (χ3v) is 5.49.